The van der Waals surface area contributed by atoms with Gasteiger partial charge in [0.1, 0.15) is 0 Å². The number of primary amides is 1. The zero-order valence-corrected chi connectivity index (χ0v) is 9.34. The van der Waals surface area contributed by atoms with Crippen molar-refractivity contribution >= 4 is 6.03 Å². The Hall–Kier alpha value is -0.770. The van der Waals surface area contributed by atoms with Crippen molar-refractivity contribution in [3.8, 4) is 0 Å². The lowest BCUT2D eigenvalue weighted by Crippen LogP contribution is -2.41. The number of nitrogens with zero attached hydrogens (tertiary/aromatic N) is 1. The Kier molecular flexibility index (Phi) is 3.37. The highest BCUT2D eigenvalue weighted by Crippen LogP contribution is 2.32. The van der Waals surface area contributed by atoms with E-state index in [1.165, 1.54) is 6.42 Å². The summed E-state index contributed by atoms with van der Waals surface area (Å²) in [5, 5.41) is 2.70. The average Bonchev–Trinajstić information content (AvgIpc) is 2.49. The lowest BCUT2D eigenvalue weighted by atomic mass is 9.78. The Labute approximate surface area is 85.8 Å². The second kappa shape index (κ2) is 4.17. The molecule has 82 valence electrons. The summed E-state index contributed by atoms with van der Waals surface area (Å²) < 4.78 is 0. The van der Waals surface area contributed by atoms with E-state index in [4.69, 9.17) is 5.73 Å². The van der Waals surface area contributed by atoms with Crippen LogP contribution >= 0.6 is 0 Å². The zero-order valence-electron chi connectivity index (χ0n) is 9.34. The molecule has 4 heteroatoms. The van der Waals surface area contributed by atoms with Gasteiger partial charge in [-0.25, -0.2) is 4.79 Å². The maximum absolute atomic E-state index is 10.6. The van der Waals surface area contributed by atoms with Gasteiger partial charge in [-0.3, -0.25) is 0 Å². The van der Waals surface area contributed by atoms with E-state index in [0.29, 0.717) is 12.5 Å². The Balaban J connectivity index is 2.43. The maximum atomic E-state index is 10.6. The van der Waals surface area contributed by atoms with E-state index in [1.807, 2.05) is 0 Å². The van der Waals surface area contributed by atoms with Gasteiger partial charge in [-0.2, -0.15) is 0 Å². The minimum absolute atomic E-state index is 0.139. The molecule has 1 saturated heterocycles. The summed E-state index contributed by atoms with van der Waals surface area (Å²) in [6, 6.07) is -0.426. The first-order valence-electron chi connectivity index (χ1n) is 5.13. The Bertz CT molecular complexity index is 215. The first-order valence-corrected chi connectivity index (χ1v) is 5.13. The van der Waals surface area contributed by atoms with E-state index in [0.717, 1.165) is 13.1 Å². The minimum atomic E-state index is -0.426. The van der Waals surface area contributed by atoms with Crippen LogP contribution < -0.4 is 11.1 Å². The Morgan fingerprint density at radius 2 is 2.29 bits per heavy atom. The van der Waals surface area contributed by atoms with Crippen LogP contribution in [0.2, 0.25) is 0 Å². The van der Waals surface area contributed by atoms with Crippen LogP contribution in [0.4, 0.5) is 4.79 Å². The molecule has 1 aliphatic rings. The molecule has 2 amide bonds. The normalized spacial score (nSPS) is 23.8. The first-order chi connectivity index (χ1) is 6.42. The first kappa shape index (κ1) is 11.3. The summed E-state index contributed by atoms with van der Waals surface area (Å²) in [6.45, 7) is 7.32. The molecular formula is C10H21N3O. The third kappa shape index (κ3) is 2.87. The van der Waals surface area contributed by atoms with E-state index in [-0.39, 0.29) is 5.41 Å². The number of hydrogen-bond acceptors (Lipinski definition) is 2. The number of likely N-dealkylation sites (tertiary alicyclic amines) is 1. The van der Waals surface area contributed by atoms with Gasteiger partial charge in [0.25, 0.3) is 0 Å². The van der Waals surface area contributed by atoms with Crippen molar-refractivity contribution in [3.05, 3.63) is 0 Å². The number of nitrogens with two attached hydrogens (primary N) is 1. The van der Waals surface area contributed by atoms with Crippen LogP contribution in [0, 0.1) is 11.3 Å². The Morgan fingerprint density at radius 3 is 2.71 bits per heavy atom. The molecule has 1 atom stereocenters. The van der Waals surface area contributed by atoms with Crippen molar-refractivity contribution in [1.29, 1.82) is 0 Å². The second-order valence-corrected chi connectivity index (χ2v) is 4.95. The highest BCUT2D eigenvalue weighted by molar-refractivity contribution is 5.71. The molecule has 0 aromatic heterocycles. The molecule has 1 rings (SSSR count). The van der Waals surface area contributed by atoms with Gasteiger partial charge in [-0.1, -0.05) is 13.8 Å². The van der Waals surface area contributed by atoms with Crippen LogP contribution in [0.15, 0.2) is 0 Å². The van der Waals surface area contributed by atoms with Crippen LogP contribution in [0.5, 0.6) is 0 Å². The summed E-state index contributed by atoms with van der Waals surface area (Å²) >= 11 is 0. The van der Waals surface area contributed by atoms with Crippen LogP contribution in [0.3, 0.4) is 0 Å². The van der Waals surface area contributed by atoms with Crippen LogP contribution in [-0.4, -0.2) is 37.6 Å². The van der Waals surface area contributed by atoms with Gasteiger partial charge in [-0.05, 0) is 31.3 Å². The predicted molar refractivity (Wildman–Crippen MR) is 57.0 cm³/mol. The zero-order chi connectivity index (χ0) is 10.8. The predicted octanol–water partition coefficient (Wildman–Crippen LogP) is 0.633. The van der Waals surface area contributed by atoms with E-state index >= 15 is 0 Å². The third-order valence-electron chi connectivity index (χ3n) is 3.21. The minimum Gasteiger partial charge on any atom is -0.352 e. The summed E-state index contributed by atoms with van der Waals surface area (Å²) in [5.74, 6) is 0.652. The fourth-order valence-corrected chi connectivity index (χ4v) is 2.03. The van der Waals surface area contributed by atoms with Crippen molar-refractivity contribution < 1.29 is 4.79 Å². The van der Waals surface area contributed by atoms with Crippen LogP contribution in [0.25, 0.3) is 0 Å². The number of carbonyl (C=O) groups excluding carboxylic acids is 1. The lowest BCUT2D eigenvalue weighted by Gasteiger charge is -2.31. The van der Waals surface area contributed by atoms with Gasteiger partial charge in [0.05, 0.1) is 0 Å². The second-order valence-electron chi connectivity index (χ2n) is 4.95. The summed E-state index contributed by atoms with van der Waals surface area (Å²) in [4.78, 5) is 13.0. The van der Waals surface area contributed by atoms with Gasteiger partial charge in [0, 0.05) is 13.1 Å². The highest BCUT2D eigenvalue weighted by atomic mass is 16.2. The van der Waals surface area contributed by atoms with Crippen molar-refractivity contribution in [1.82, 2.24) is 10.2 Å². The summed E-state index contributed by atoms with van der Waals surface area (Å²) in [7, 11) is 2.14. The largest absolute Gasteiger partial charge is 0.352 e. The monoisotopic (exact) mass is 199 g/mol. The van der Waals surface area contributed by atoms with E-state index in [9.17, 15) is 4.79 Å². The van der Waals surface area contributed by atoms with E-state index < -0.39 is 6.03 Å². The molecule has 4 nitrogen and oxygen atoms in total. The van der Waals surface area contributed by atoms with E-state index in [1.54, 1.807) is 0 Å². The standard InChI is InChI=1S/C10H21N3O/c1-10(2,7-12-9(11)14)8-4-5-13(3)6-8/h8H,4-7H2,1-3H3,(H3,11,12,14). The van der Waals surface area contributed by atoms with Crippen molar-refractivity contribution in [2.45, 2.75) is 20.3 Å². The number of hydrogen-bond donors (Lipinski definition) is 2. The molecule has 0 aliphatic carbocycles. The molecule has 0 bridgehead atoms. The Morgan fingerprint density at radius 1 is 1.64 bits per heavy atom. The molecule has 1 fully saturated rings. The molecule has 3 N–H and O–H groups in total. The van der Waals surface area contributed by atoms with Gasteiger partial charge < -0.3 is 16.0 Å². The van der Waals surface area contributed by atoms with Crippen molar-refractivity contribution in [3.63, 3.8) is 0 Å². The van der Waals surface area contributed by atoms with Gasteiger partial charge in [0.15, 0.2) is 0 Å². The van der Waals surface area contributed by atoms with Gasteiger partial charge in [-0.15, -0.1) is 0 Å². The molecule has 0 saturated carbocycles. The number of amides is 2. The average molecular weight is 199 g/mol. The topological polar surface area (TPSA) is 58.4 Å². The number of urea groups is 1. The molecule has 14 heavy (non-hydrogen) atoms. The van der Waals surface area contributed by atoms with Gasteiger partial charge in [0.2, 0.25) is 0 Å². The maximum Gasteiger partial charge on any atom is 0.312 e. The van der Waals surface area contributed by atoms with Crippen molar-refractivity contribution in [2.75, 3.05) is 26.7 Å². The summed E-state index contributed by atoms with van der Waals surface area (Å²) in [6.07, 6.45) is 1.21. The highest BCUT2D eigenvalue weighted by Gasteiger charge is 2.33. The molecule has 0 radical (unpaired) electrons. The molecule has 0 aromatic rings. The van der Waals surface area contributed by atoms with Crippen LogP contribution in [0.1, 0.15) is 20.3 Å². The van der Waals surface area contributed by atoms with E-state index in [2.05, 4.69) is 31.1 Å². The van der Waals surface area contributed by atoms with Crippen molar-refractivity contribution in [2.24, 2.45) is 17.1 Å². The smallest absolute Gasteiger partial charge is 0.312 e. The molecule has 1 unspecified atom stereocenters. The third-order valence-corrected chi connectivity index (χ3v) is 3.21. The SMILES string of the molecule is CN1CCC(C(C)(C)CNC(N)=O)C1. The molecule has 1 heterocycles. The number of rotatable bonds is 3. The summed E-state index contributed by atoms with van der Waals surface area (Å²) in [5.41, 5.74) is 5.20. The number of carbonyl (C=O) groups is 1. The fourth-order valence-electron chi connectivity index (χ4n) is 2.03. The quantitative estimate of drug-likeness (QED) is 0.700. The van der Waals surface area contributed by atoms with Crippen LogP contribution in [-0.2, 0) is 0 Å². The molecule has 1 aliphatic heterocycles. The molecular weight excluding hydrogens is 178 g/mol. The fraction of sp³-hybridized carbons (Fsp3) is 0.900. The molecule has 0 aromatic carbocycles. The molecule has 0 spiro atoms. The van der Waals surface area contributed by atoms with Gasteiger partial charge >= 0.3 is 6.03 Å². The number of nitrogens with one attached hydrogen (secondary N) is 1. The lowest BCUT2D eigenvalue weighted by molar-refractivity contribution is 0.202.